The second-order valence-electron chi connectivity index (χ2n) is 8.42. The number of rotatable bonds is 7. The number of ether oxygens (including phenoxy) is 2. The fraction of sp³-hybridized carbons (Fsp3) is 0.417. The number of anilines is 2. The molecule has 2 aliphatic rings. The molecule has 2 atom stereocenters. The molecular weight excluding hydrogens is 436 g/mol. The Morgan fingerprint density at radius 2 is 1.97 bits per heavy atom. The predicted molar refractivity (Wildman–Crippen MR) is 125 cm³/mol. The number of carbonyl (C=O) groups excluding carboxylic acids is 1. The Morgan fingerprint density at radius 3 is 2.74 bits per heavy atom. The number of morpholine rings is 1. The summed E-state index contributed by atoms with van der Waals surface area (Å²) >= 11 is 0. The van der Waals surface area contributed by atoms with Gasteiger partial charge in [0.15, 0.2) is 6.39 Å². The van der Waals surface area contributed by atoms with Gasteiger partial charge in [-0.15, -0.1) is 0 Å². The second-order valence-corrected chi connectivity index (χ2v) is 8.42. The molecule has 34 heavy (non-hydrogen) atoms. The molecule has 178 valence electrons. The molecule has 2 fully saturated rings. The summed E-state index contributed by atoms with van der Waals surface area (Å²) in [7, 11) is 0. The van der Waals surface area contributed by atoms with E-state index < -0.39 is 0 Å². The molecule has 1 amide bonds. The molecule has 1 aromatic carbocycles. The van der Waals surface area contributed by atoms with Gasteiger partial charge in [-0.05, 0) is 30.7 Å². The smallest absolute Gasteiger partial charge is 0.289 e. The maximum atomic E-state index is 12.2. The van der Waals surface area contributed by atoms with Crippen molar-refractivity contribution in [1.82, 2.24) is 20.3 Å². The SMILES string of the molecule is C[C@H](NC(=O)c1cnco1)c1ccc(OC2CCN(c3ccnc(N4CCOCC4)n3)C2)cc1. The normalized spacial score (nSPS) is 19.1. The zero-order chi connectivity index (χ0) is 23.3. The molecule has 10 nitrogen and oxygen atoms in total. The molecule has 0 saturated carbocycles. The first-order chi connectivity index (χ1) is 16.7. The highest BCUT2D eigenvalue weighted by Gasteiger charge is 2.26. The molecule has 5 rings (SSSR count). The van der Waals surface area contributed by atoms with Gasteiger partial charge >= 0.3 is 0 Å². The summed E-state index contributed by atoms with van der Waals surface area (Å²) in [6.45, 7) is 6.61. The van der Waals surface area contributed by atoms with Gasteiger partial charge in [-0.25, -0.2) is 9.97 Å². The summed E-state index contributed by atoms with van der Waals surface area (Å²) in [5.41, 5.74) is 0.977. The topological polar surface area (TPSA) is 106 Å². The third-order valence-corrected chi connectivity index (χ3v) is 6.08. The number of nitrogens with zero attached hydrogens (tertiary/aromatic N) is 5. The van der Waals surface area contributed by atoms with Crippen molar-refractivity contribution in [1.29, 1.82) is 0 Å². The standard InChI is InChI=1S/C24H28N6O4/c1-17(27-23(31)21-14-25-16-33-21)18-2-4-19(5-3-18)34-20-7-9-30(15-20)22-6-8-26-24(28-22)29-10-12-32-13-11-29/h2-6,8,14,16-17,20H,7,9-13,15H2,1H3,(H,27,31)/t17-,20?/m0/s1. The summed E-state index contributed by atoms with van der Waals surface area (Å²) in [6.07, 6.45) is 5.46. The molecular formula is C24H28N6O4. The molecule has 0 aliphatic carbocycles. The lowest BCUT2D eigenvalue weighted by Crippen LogP contribution is -2.37. The summed E-state index contributed by atoms with van der Waals surface area (Å²) < 4.78 is 16.7. The van der Waals surface area contributed by atoms with E-state index in [-0.39, 0.29) is 23.8 Å². The van der Waals surface area contributed by atoms with Gasteiger partial charge in [0.2, 0.25) is 11.7 Å². The van der Waals surface area contributed by atoms with Crippen molar-refractivity contribution in [2.45, 2.75) is 25.5 Å². The average molecular weight is 465 g/mol. The van der Waals surface area contributed by atoms with Crippen molar-refractivity contribution in [3.05, 3.63) is 60.4 Å². The molecule has 10 heteroatoms. The zero-order valence-corrected chi connectivity index (χ0v) is 19.1. The Hall–Kier alpha value is -3.66. The quantitative estimate of drug-likeness (QED) is 0.564. The van der Waals surface area contributed by atoms with Gasteiger partial charge in [0.1, 0.15) is 17.7 Å². The number of hydrogen-bond donors (Lipinski definition) is 1. The van der Waals surface area contributed by atoms with Crippen molar-refractivity contribution in [3.63, 3.8) is 0 Å². The number of benzene rings is 1. The molecule has 0 spiro atoms. The van der Waals surface area contributed by atoms with E-state index in [0.29, 0.717) is 13.2 Å². The summed E-state index contributed by atoms with van der Waals surface area (Å²) in [5, 5.41) is 2.90. The fourth-order valence-corrected chi connectivity index (χ4v) is 4.17. The van der Waals surface area contributed by atoms with Crippen LogP contribution in [0.3, 0.4) is 0 Å². The number of carbonyl (C=O) groups is 1. The first kappa shape index (κ1) is 22.1. The molecule has 0 bridgehead atoms. The number of hydrogen-bond acceptors (Lipinski definition) is 9. The van der Waals surface area contributed by atoms with Crippen LogP contribution in [0.5, 0.6) is 5.75 Å². The van der Waals surface area contributed by atoms with Crippen LogP contribution in [0, 0.1) is 0 Å². The van der Waals surface area contributed by atoms with Crippen LogP contribution in [0.1, 0.15) is 35.5 Å². The van der Waals surface area contributed by atoms with E-state index >= 15 is 0 Å². The van der Waals surface area contributed by atoms with E-state index in [4.69, 9.17) is 18.9 Å². The van der Waals surface area contributed by atoms with Crippen LogP contribution in [0.15, 0.2) is 53.5 Å². The lowest BCUT2D eigenvalue weighted by Gasteiger charge is -2.27. The number of oxazole rings is 1. The lowest BCUT2D eigenvalue weighted by molar-refractivity contribution is 0.0912. The molecule has 0 radical (unpaired) electrons. The van der Waals surface area contributed by atoms with Crippen LogP contribution in [0.25, 0.3) is 0 Å². The minimum atomic E-state index is -0.294. The molecule has 1 N–H and O–H groups in total. The van der Waals surface area contributed by atoms with E-state index in [1.54, 1.807) is 0 Å². The molecule has 2 aromatic heterocycles. The minimum absolute atomic E-state index is 0.0798. The highest BCUT2D eigenvalue weighted by molar-refractivity contribution is 5.91. The fourth-order valence-electron chi connectivity index (χ4n) is 4.17. The minimum Gasteiger partial charge on any atom is -0.489 e. The van der Waals surface area contributed by atoms with E-state index in [1.165, 1.54) is 12.6 Å². The molecule has 2 saturated heterocycles. The molecule has 3 aromatic rings. The van der Waals surface area contributed by atoms with Crippen molar-refractivity contribution in [2.75, 3.05) is 49.2 Å². The molecule has 1 unspecified atom stereocenters. The van der Waals surface area contributed by atoms with Crippen molar-refractivity contribution < 1.29 is 18.7 Å². The number of aromatic nitrogens is 3. The van der Waals surface area contributed by atoms with Crippen LogP contribution in [0.4, 0.5) is 11.8 Å². The summed E-state index contributed by atoms with van der Waals surface area (Å²) in [6, 6.07) is 9.59. The van der Waals surface area contributed by atoms with Crippen molar-refractivity contribution in [2.24, 2.45) is 0 Å². The first-order valence-corrected chi connectivity index (χ1v) is 11.5. The monoisotopic (exact) mass is 464 g/mol. The van der Waals surface area contributed by atoms with Crippen LogP contribution in [0.2, 0.25) is 0 Å². The van der Waals surface area contributed by atoms with Gasteiger partial charge in [-0.1, -0.05) is 12.1 Å². The first-order valence-electron chi connectivity index (χ1n) is 11.5. The predicted octanol–water partition coefficient (Wildman–Crippen LogP) is 2.45. The highest BCUT2D eigenvalue weighted by Crippen LogP contribution is 2.25. The third-order valence-electron chi connectivity index (χ3n) is 6.08. The summed E-state index contributed by atoms with van der Waals surface area (Å²) in [4.78, 5) is 29.5. The molecule has 4 heterocycles. The number of amides is 1. The largest absolute Gasteiger partial charge is 0.489 e. The van der Waals surface area contributed by atoms with Gasteiger partial charge in [-0.3, -0.25) is 4.79 Å². The molecule has 2 aliphatic heterocycles. The van der Waals surface area contributed by atoms with Gasteiger partial charge in [0.25, 0.3) is 5.91 Å². The average Bonchev–Trinajstić information content (AvgIpc) is 3.58. The van der Waals surface area contributed by atoms with Gasteiger partial charge in [0, 0.05) is 32.3 Å². The van der Waals surface area contributed by atoms with Crippen LogP contribution < -0.4 is 19.9 Å². The second kappa shape index (κ2) is 10.1. The van der Waals surface area contributed by atoms with Crippen LogP contribution >= 0.6 is 0 Å². The van der Waals surface area contributed by atoms with Gasteiger partial charge in [-0.2, -0.15) is 4.98 Å². The zero-order valence-electron chi connectivity index (χ0n) is 19.1. The van der Waals surface area contributed by atoms with E-state index in [0.717, 1.165) is 55.7 Å². The Labute approximate surface area is 197 Å². The Morgan fingerprint density at radius 1 is 1.15 bits per heavy atom. The Bertz CT molecular complexity index is 1090. The summed E-state index contributed by atoms with van der Waals surface area (Å²) in [5.74, 6) is 2.39. The van der Waals surface area contributed by atoms with Gasteiger partial charge < -0.3 is 29.0 Å². The van der Waals surface area contributed by atoms with Crippen LogP contribution in [-0.2, 0) is 4.74 Å². The number of nitrogens with one attached hydrogen (secondary N) is 1. The van der Waals surface area contributed by atoms with E-state index in [9.17, 15) is 4.79 Å². The lowest BCUT2D eigenvalue weighted by atomic mass is 10.1. The van der Waals surface area contributed by atoms with E-state index in [2.05, 4.69) is 25.1 Å². The Balaban J connectivity index is 1.15. The Kier molecular flexibility index (Phi) is 6.57. The third kappa shape index (κ3) is 5.12. The van der Waals surface area contributed by atoms with E-state index in [1.807, 2.05) is 43.5 Å². The van der Waals surface area contributed by atoms with Crippen LogP contribution in [-0.4, -0.2) is 66.4 Å². The maximum Gasteiger partial charge on any atom is 0.289 e. The maximum absolute atomic E-state index is 12.2. The van der Waals surface area contributed by atoms with Gasteiger partial charge in [0.05, 0.1) is 32.0 Å². The highest BCUT2D eigenvalue weighted by atomic mass is 16.5. The van der Waals surface area contributed by atoms with Crippen molar-refractivity contribution >= 4 is 17.7 Å². The van der Waals surface area contributed by atoms with Crippen molar-refractivity contribution in [3.8, 4) is 5.75 Å².